The second kappa shape index (κ2) is 6.80. The highest BCUT2D eigenvalue weighted by Crippen LogP contribution is 2.25. The van der Waals surface area contributed by atoms with Gasteiger partial charge in [-0.05, 0) is 55.3 Å². The number of aryl methyl sites for hydroxylation is 1. The van der Waals surface area contributed by atoms with Crippen LogP contribution in [-0.4, -0.2) is 20.9 Å². The zero-order valence-electron chi connectivity index (χ0n) is 12.9. The summed E-state index contributed by atoms with van der Waals surface area (Å²) in [4.78, 5) is 11.2. The summed E-state index contributed by atoms with van der Waals surface area (Å²) in [6.07, 6.45) is 0. The van der Waals surface area contributed by atoms with E-state index in [1.807, 2.05) is 13.0 Å². The summed E-state index contributed by atoms with van der Waals surface area (Å²) in [5, 5.41) is 2.54. The lowest BCUT2D eigenvalue weighted by atomic mass is 10.1. The van der Waals surface area contributed by atoms with Crippen molar-refractivity contribution in [3.63, 3.8) is 0 Å². The molecule has 0 aromatic heterocycles. The van der Waals surface area contributed by atoms with Gasteiger partial charge in [0.15, 0.2) is 0 Å². The fourth-order valence-electron chi connectivity index (χ4n) is 1.90. The number of nitrogens with one attached hydrogen (secondary N) is 1. The standard InChI is InChI=1S/C16H18N2O4S/c1-11-4-3-5-15(12(11)2)22-23(20,21)14-8-6-13(7-9-14)18-16(19)10-17/h3-9H,10,17H2,1-2H3,(H,18,19). The van der Waals surface area contributed by atoms with Crippen molar-refractivity contribution in [3.05, 3.63) is 53.6 Å². The minimum Gasteiger partial charge on any atom is -0.379 e. The van der Waals surface area contributed by atoms with Crippen molar-refractivity contribution in [1.82, 2.24) is 0 Å². The van der Waals surface area contributed by atoms with Gasteiger partial charge in [-0.15, -0.1) is 0 Å². The quantitative estimate of drug-likeness (QED) is 0.815. The van der Waals surface area contributed by atoms with E-state index in [2.05, 4.69) is 5.32 Å². The molecule has 6 nitrogen and oxygen atoms in total. The van der Waals surface area contributed by atoms with Crippen molar-refractivity contribution in [2.75, 3.05) is 11.9 Å². The van der Waals surface area contributed by atoms with Crippen molar-refractivity contribution in [3.8, 4) is 5.75 Å². The second-order valence-corrected chi connectivity index (χ2v) is 6.56. The Labute approximate surface area is 135 Å². The average molecular weight is 334 g/mol. The molecule has 0 spiro atoms. The Morgan fingerprint density at radius 2 is 1.78 bits per heavy atom. The van der Waals surface area contributed by atoms with Crippen LogP contribution in [0.4, 0.5) is 5.69 Å². The van der Waals surface area contributed by atoms with Gasteiger partial charge in [0.2, 0.25) is 5.91 Å². The summed E-state index contributed by atoms with van der Waals surface area (Å²) < 4.78 is 29.9. The summed E-state index contributed by atoms with van der Waals surface area (Å²) in [5.41, 5.74) is 7.38. The summed E-state index contributed by atoms with van der Waals surface area (Å²) in [7, 11) is -3.94. The second-order valence-electron chi connectivity index (χ2n) is 5.01. The molecule has 0 bridgehead atoms. The van der Waals surface area contributed by atoms with Crippen molar-refractivity contribution in [1.29, 1.82) is 0 Å². The number of benzene rings is 2. The van der Waals surface area contributed by atoms with Crippen LogP contribution in [0.3, 0.4) is 0 Å². The third-order valence-electron chi connectivity index (χ3n) is 3.37. The molecule has 2 aromatic rings. The summed E-state index contributed by atoms with van der Waals surface area (Å²) >= 11 is 0. The number of hydrogen-bond donors (Lipinski definition) is 2. The molecular formula is C16H18N2O4S. The molecule has 2 aromatic carbocycles. The molecule has 0 saturated heterocycles. The molecule has 0 atom stereocenters. The number of amides is 1. The van der Waals surface area contributed by atoms with E-state index in [0.717, 1.165) is 11.1 Å². The fraction of sp³-hybridized carbons (Fsp3) is 0.188. The molecule has 0 fully saturated rings. The topological polar surface area (TPSA) is 98.5 Å². The normalized spacial score (nSPS) is 11.1. The highest BCUT2D eigenvalue weighted by Gasteiger charge is 2.18. The van der Waals surface area contributed by atoms with Crippen molar-refractivity contribution < 1.29 is 17.4 Å². The van der Waals surface area contributed by atoms with E-state index in [1.165, 1.54) is 24.3 Å². The zero-order chi connectivity index (χ0) is 17.0. The predicted molar refractivity (Wildman–Crippen MR) is 87.9 cm³/mol. The minimum absolute atomic E-state index is 0.00385. The molecule has 0 heterocycles. The number of carbonyl (C=O) groups excluding carboxylic acids is 1. The Hall–Kier alpha value is -2.38. The van der Waals surface area contributed by atoms with Crippen molar-refractivity contribution >= 4 is 21.7 Å². The molecule has 0 aliphatic rings. The number of carbonyl (C=O) groups is 1. The van der Waals surface area contributed by atoms with Crippen molar-refractivity contribution in [2.24, 2.45) is 5.73 Å². The molecular weight excluding hydrogens is 316 g/mol. The Bertz CT molecular complexity index is 814. The number of anilines is 1. The maximum Gasteiger partial charge on any atom is 0.339 e. The first-order valence-corrected chi connectivity index (χ1v) is 8.35. The first-order chi connectivity index (χ1) is 10.8. The summed E-state index contributed by atoms with van der Waals surface area (Å²) in [5.74, 6) is -0.0576. The monoisotopic (exact) mass is 334 g/mol. The third kappa shape index (κ3) is 4.08. The summed E-state index contributed by atoms with van der Waals surface area (Å²) in [6, 6.07) is 10.9. The fourth-order valence-corrected chi connectivity index (χ4v) is 2.88. The smallest absolute Gasteiger partial charge is 0.339 e. The van der Waals surface area contributed by atoms with Crippen LogP contribution in [0.25, 0.3) is 0 Å². The Morgan fingerprint density at radius 1 is 1.13 bits per heavy atom. The van der Waals surface area contributed by atoms with Crippen LogP contribution in [0.2, 0.25) is 0 Å². The number of hydrogen-bond acceptors (Lipinski definition) is 5. The van der Waals surface area contributed by atoms with Crippen LogP contribution in [0.1, 0.15) is 11.1 Å². The average Bonchev–Trinajstić information content (AvgIpc) is 2.52. The van der Waals surface area contributed by atoms with Gasteiger partial charge in [0.25, 0.3) is 0 Å². The molecule has 23 heavy (non-hydrogen) atoms. The van der Waals surface area contributed by atoms with Gasteiger partial charge in [-0.25, -0.2) is 0 Å². The molecule has 0 unspecified atom stereocenters. The van der Waals surface area contributed by atoms with Gasteiger partial charge in [0.1, 0.15) is 10.6 Å². The van der Waals surface area contributed by atoms with E-state index in [9.17, 15) is 13.2 Å². The lowest BCUT2D eigenvalue weighted by Gasteiger charge is -2.11. The molecule has 7 heteroatoms. The van der Waals surface area contributed by atoms with E-state index in [0.29, 0.717) is 11.4 Å². The molecule has 0 radical (unpaired) electrons. The van der Waals surface area contributed by atoms with Crippen molar-refractivity contribution in [2.45, 2.75) is 18.7 Å². The van der Waals surface area contributed by atoms with Gasteiger partial charge >= 0.3 is 10.1 Å². The molecule has 0 aliphatic carbocycles. The molecule has 0 saturated carbocycles. The van der Waals surface area contributed by atoms with Gasteiger partial charge in [-0.2, -0.15) is 8.42 Å². The maximum atomic E-state index is 12.3. The molecule has 0 aliphatic heterocycles. The zero-order valence-corrected chi connectivity index (χ0v) is 13.7. The van der Waals surface area contributed by atoms with Gasteiger partial charge in [-0.1, -0.05) is 12.1 Å². The number of rotatable bonds is 5. The Kier molecular flexibility index (Phi) is 5.02. The highest BCUT2D eigenvalue weighted by molar-refractivity contribution is 7.87. The first-order valence-electron chi connectivity index (χ1n) is 6.94. The highest BCUT2D eigenvalue weighted by atomic mass is 32.2. The molecule has 122 valence electrons. The lowest BCUT2D eigenvalue weighted by Crippen LogP contribution is -2.21. The summed E-state index contributed by atoms with van der Waals surface area (Å²) in [6.45, 7) is 3.53. The van der Waals surface area contributed by atoms with Gasteiger partial charge in [-0.3, -0.25) is 4.79 Å². The molecule has 1 amide bonds. The molecule has 3 N–H and O–H groups in total. The van der Waals surface area contributed by atoms with Gasteiger partial charge in [0.05, 0.1) is 6.54 Å². The van der Waals surface area contributed by atoms with E-state index in [-0.39, 0.29) is 17.3 Å². The minimum atomic E-state index is -3.94. The predicted octanol–water partition coefficient (Wildman–Crippen LogP) is 1.97. The third-order valence-corrected chi connectivity index (χ3v) is 4.62. The van der Waals surface area contributed by atoms with E-state index in [4.69, 9.17) is 9.92 Å². The van der Waals surface area contributed by atoms with Gasteiger partial charge in [0, 0.05) is 5.69 Å². The lowest BCUT2D eigenvalue weighted by molar-refractivity contribution is -0.114. The van der Waals surface area contributed by atoms with Crippen LogP contribution in [0.5, 0.6) is 5.75 Å². The van der Waals surface area contributed by atoms with Crippen LogP contribution < -0.4 is 15.2 Å². The van der Waals surface area contributed by atoms with Crippen LogP contribution in [0, 0.1) is 13.8 Å². The number of nitrogens with two attached hydrogens (primary N) is 1. The largest absolute Gasteiger partial charge is 0.379 e. The Morgan fingerprint density at radius 3 is 2.39 bits per heavy atom. The Balaban J connectivity index is 2.23. The first kappa shape index (κ1) is 17.0. The van der Waals surface area contributed by atoms with E-state index >= 15 is 0 Å². The van der Waals surface area contributed by atoms with Gasteiger partial charge < -0.3 is 15.2 Å². The van der Waals surface area contributed by atoms with E-state index in [1.54, 1.807) is 19.1 Å². The maximum absolute atomic E-state index is 12.3. The van der Waals surface area contributed by atoms with E-state index < -0.39 is 10.1 Å². The SMILES string of the molecule is Cc1cccc(OS(=O)(=O)c2ccc(NC(=O)CN)cc2)c1C. The van der Waals surface area contributed by atoms with Crippen LogP contribution >= 0.6 is 0 Å². The molecule has 2 rings (SSSR count). The van der Waals surface area contributed by atoms with Crippen LogP contribution in [0.15, 0.2) is 47.4 Å². The van der Waals surface area contributed by atoms with Crippen LogP contribution in [-0.2, 0) is 14.9 Å².